The first-order chi connectivity index (χ1) is 9.06. The molecule has 0 atom stereocenters. The average molecular weight is 260 g/mol. The van der Waals surface area contributed by atoms with Crippen LogP contribution in [0.2, 0.25) is 0 Å². The van der Waals surface area contributed by atoms with Crippen molar-refractivity contribution in [2.45, 2.75) is 46.5 Å². The summed E-state index contributed by atoms with van der Waals surface area (Å²) in [5.41, 5.74) is 3.12. The molecule has 0 aliphatic heterocycles. The second-order valence-corrected chi connectivity index (χ2v) is 5.00. The van der Waals surface area contributed by atoms with Crippen LogP contribution in [-0.2, 0) is 6.42 Å². The van der Waals surface area contributed by atoms with Crippen molar-refractivity contribution in [1.29, 1.82) is 0 Å². The van der Waals surface area contributed by atoms with Crippen LogP contribution in [0, 0.1) is 6.92 Å². The van der Waals surface area contributed by atoms with Gasteiger partial charge in [-0.25, -0.2) is 4.79 Å². The lowest BCUT2D eigenvalue weighted by molar-refractivity contribution is 0.237. The number of hydrogen-bond acceptors (Lipinski definition) is 3. The summed E-state index contributed by atoms with van der Waals surface area (Å²) >= 11 is 0. The minimum Gasteiger partial charge on any atom is -0.244 e. The lowest BCUT2D eigenvalue weighted by atomic mass is 9.99. The monoisotopic (exact) mass is 260 g/mol. The first-order valence-electron chi connectivity index (χ1n) is 6.69. The van der Waals surface area contributed by atoms with E-state index in [0.29, 0.717) is 5.92 Å². The van der Waals surface area contributed by atoms with Crippen LogP contribution >= 0.6 is 0 Å². The third kappa shape index (κ3) is 2.45. The van der Waals surface area contributed by atoms with E-state index >= 15 is 0 Å². The topological polar surface area (TPSA) is 52.7 Å². The average Bonchev–Trinajstić information content (AvgIpc) is 2.96. The van der Waals surface area contributed by atoms with Gasteiger partial charge in [0, 0.05) is 18.1 Å². The van der Waals surface area contributed by atoms with Crippen LogP contribution in [0.25, 0.3) is 0 Å². The maximum atomic E-state index is 12.3. The molecule has 0 amide bonds. The number of hydrogen-bond donors (Lipinski definition) is 0. The standard InChI is InChI=1S/C14H20N4O/c1-5-7-12-13(10(2)3)11(4)18(16-12)14(19)17-9-6-8-15-17/h6,8-10H,5,7H2,1-4H3. The SMILES string of the molecule is CCCc1nn(C(=O)n2cccn2)c(C)c1C(C)C. The maximum absolute atomic E-state index is 12.3. The molecule has 0 fully saturated rings. The number of carbonyl (C=O) groups is 1. The van der Waals surface area contributed by atoms with Crippen molar-refractivity contribution in [3.05, 3.63) is 35.4 Å². The second kappa shape index (κ2) is 5.38. The zero-order valence-corrected chi connectivity index (χ0v) is 11.9. The molecule has 2 rings (SSSR count). The molecule has 2 aromatic heterocycles. The predicted octanol–water partition coefficient (Wildman–Crippen LogP) is 2.98. The summed E-state index contributed by atoms with van der Waals surface area (Å²) in [7, 11) is 0. The lowest BCUT2D eigenvalue weighted by Gasteiger charge is -2.07. The third-order valence-corrected chi connectivity index (χ3v) is 3.18. The Bertz CT molecular complexity index is 567. The molecule has 0 unspecified atom stereocenters. The van der Waals surface area contributed by atoms with Crippen LogP contribution < -0.4 is 0 Å². The van der Waals surface area contributed by atoms with E-state index in [-0.39, 0.29) is 6.03 Å². The molecular weight excluding hydrogens is 240 g/mol. The first kappa shape index (κ1) is 13.5. The lowest BCUT2D eigenvalue weighted by Crippen LogP contribution is -2.22. The van der Waals surface area contributed by atoms with E-state index < -0.39 is 0 Å². The zero-order valence-electron chi connectivity index (χ0n) is 11.9. The van der Waals surface area contributed by atoms with Gasteiger partial charge >= 0.3 is 6.03 Å². The molecular formula is C14H20N4O. The van der Waals surface area contributed by atoms with Crippen molar-refractivity contribution in [2.24, 2.45) is 0 Å². The Morgan fingerprint density at radius 3 is 2.68 bits per heavy atom. The van der Waals surface area contributed by atoms with Gasteiger partial charge in [-0.05, 0) is 30.9 Å². The van der Waals surface area contributed by atoms with Crippen LogP contribution in [0.5, 0.6) is 0 Å². The Balaban J connectivity index is 2.47. The Hall–Kier alpha value is -1.91. The number of rotatable bonds is 3. The Morgan fingerprint density at radius 2 is 2.16 bits per heavy atom. The molecule has 0 aliphatic rings. The zero-order chi connectivity index (χ0) is 14.0. The van der Waals surface area contributed by atoms with Crippen molar-refractivity contribution in [1.82, 2.24) is 19.6 Å². The highest BCUT2D eigenvalue weighted by atomic mass is 16.2. The van der Waals surface area contributed by atoms with Gasteiger partial charge in [-0.1, -0.05) is 27.2 Å². The summed E-state index contributed by atoms with van der Waals surface area (Å²) in [6.45, 7) is 8.33. The quantitative estimate of drug-likeness (QED) is 0.852. The highest BCUT2D eigenvalue weighted by Gasteiger charge is 2.21. The van der Waals surface area contributed by atoms with E-state index in [1.54, 1.807) is 18.5 Å². The van der Waals surface area contributed by atoms with Crippen molar-refractivity contribution in [3.63, 3.8) is 0 Å². The Morgan fingerprint density at radius 1 is 1.42 bits per heavy atom. The largest absolute Gasteiger partial charge is 0.369 e. The first-order valence-corrected chi connectivity index (χ1v) is 6.69. The number of carbonyl (C=O) groups excluding carboxylic acids is 1. The number of aryl methyl sites for hydroxylation is 1. The molecule has 0 saturated carbocycles. The summed E-state index contributed by atoms with van der Waals surface area (Å²) in [6, 6.07) is 1.50. The summed E-state index contributed by atoms with van der Waals surface area (Å²) in [6.07, 6.45) is 5.14. The molecule has 0 aliphatic carbocycles. The Kier molecular flexibility index (Phi) is 3.83. The van der Waals surface area contributed by atoms with E-state index in [9.17, 15) is 4.79 Å². The van der Waals surface area contributed by atoms with E-state index in [0.717, 1.165) is 24.2 Å². The highest BCUT2D eigenvalue weighted by molar-refractivity contribution is 5.78. The van der Waals surface area contributed by atoms with Crippen LogP contribution in [0.1, 0.15) is 50.1 Å². The van der Waals surface area contributed by atoms with E-state index in [4.69, 9.17) is 0 Å². The van der Waals surface area contributed by atoms with Gasteiger partial charge in [0.2, 0.25) is 0 Å². The molecule has 2 aromatic rings. The third-order valence-electron chi connectivity index (χ3n) is 3.18. The molecule has 0 N–H and O–H groups in total. The molecule has 5 nitrogen and oxygen atoms in total. The van der Waals surface area contributed by atoms with Crippen LogP contribution in [0.4, 0.5) is 4.79 Å². The fraction of sp³-hybridized carbons (Fsp3) is 0.500. The van der Waals surface area contributed by atoms with Gasteiger partial charge in [0.1, 0.15) is 0 Å². The smallest absolute Gasteiger partial charge is 0.244 e. The normalized spacial score (nSPS) is 11.2. The van der Waals surface area contributed by atoms with Crippen molar-refractivity contribution in [3.8, 4) is 0 Å². The van der Waals surface area contributed by atoms with Crippen LogP contribution in [-0.4, -0.2) is 25.6 Å². The summed E-state index contributed by atoms with van der Waals surface area (Å²) in [5.74, 6) is 0.362. The highest BCUT2D eigenvalue weighted by Crippen LogP contribution is 2.24. The second-order valence-electron chi connectivity index (χ2n) is 5.00. The van der Waals surface area contributed by atoms with Gasteiger partial charge in [0.05, 0.1) is 5.69 Å². The minimum absolute atomic E-state index is 0.230. The molecule has 0 aromatic carbocycles. The molecule has 19 heavy (non-hydrogen) atoms. The summed E-state index contributed by atoms with van der Waals surface area (Å²) in [5, 5.41) is 8.45. The van der Waals surface area contributed by atoms with Crippen molar-refractivity contribution in [2.75, 3.05) is 0 Å². The molecule has 102 valence electrons. The van der Waals surface area contributed by atoms with Gasteiger partial charge in [-0.15, -0.1) is 0 Å². The van der Waals surface area contributed by atoms with Gasteiger partial charge in [-0.2, -0.15) is 19.6 Å². The molecule has 0 saturated heterocycles. The molecule has 5 heteroatoms. The fourth-order valence-corrected chi connectivity index (χ4v) is 2.41. The molecule has 2 heterocycles. The predicted molar refractivity (Wildman–Crippen MR) is 73.5 cm³/mol. The minimum atomic E-state index is -0.230. The summed E-state index contributed by atoms with van der Waals surface area (Å²) in [4.78, 5) is 12.3. The van der Waals surface area contributed by atoms with Crippen molar-refractivity contribution >= 4 is 6.03 Å². The van der Waals surface area contributed by atoms with Gasteiger partial charge < -0.3 is 0 Å². The number of nitrogens with zero attached hydrogens (tertiary/aromatic N) is 4. The van der Waals surface area contributed by atoms with Gasteiger partial charge in [-0.3, -0.25) is 0 Å². The molecule has 0 spiro atoms. The van der Waals surface area contributed by atoms with E-state index in [1.807, 2.05) is 6.92 Å². The molecule has 0 radical (unpaired) electrons. The maximum Gasteiger partial charge on any atom is 0.369 e. The van der Waals surface area contributed by atoms with E-state index in [2.05, 4.69) is 31.0 Å². The Labute approximate surface area is 113 Å². The van der Waals surface area contributed by atoms with Gasteiger partial charge in [0.25, 0.3) is 0 Å². The fourth-order valence-electron chi connectivity index (χ4n) is 2.41. The molecule has 0 bridgehead atoms. The van der Waals surface area contributed by atoms with E-state index in [1.165, 1.54) is 14.9 Å². The summed E-state index contributed by atoms with van der Waals surface area (Å²) < 4.78 is 2.77. The van der Waals surface area contributed by atoms with Crippen LogP contribution in [0.3, 0.4) is 0 Å². The van der Waals surface area contributed by atoms with Crippen LogP contribution in [0.15, 0.2) is 18.5 Å². The van der Waals surface area contributed by atoms with Crippen molar-refractivity contribution < 1.29 is 4.79 Å². The van der Waals surface area contributed by atoms with Gasteiger partial charge in [0.15, 0.2) is 0 Å². The number of aromatic nitrogens is 4.